The minimum atomic E-state index is -0.553. The number of carbonyl (C=O) groups excluding carboxylic acids is 2. The molecule has 2 amide bonds. The number of benzene rings is 1. The highest BCUT2D eigenvalue weighted by atomic mass is 16.2. The van der Waals surface area contributed by atoms with Gasteiger partial charge >= 0.3 is 11.8 Å². The van der Waals surface area contributed by atoms with Crippen molar-refractivity contribution in [2.75, 3.05) is 38.0 Å². The van der Waals surface area contributed by atoms with Crippen LogP contribution in [0, 0.1) is 13.8 Å². The Labute approximate surface area is 125 Å². The van der Waals surface area contributed by atoms with Crippen molar-refractivity contribution in [2.45, 2.75) is 20.8 Å². The molecule has 1 saturated heterocycles. The first-order chi connectivity index (χ1) is 10.0. The van der Waals surface area contributed by atoms with E-state index in [9.17, 15) is 9.59 Å². The van der Waals surface area contributed by atoms with Crippen LogP contribution in [-0.4, -0.2) is 54.3 Å². The van der Waals surface area contributed by atoms with Gasteiger partial charge in [0.1, 0.15) is 0 Å². The zero-order valence-electron chi connectivity index (χ0n) is 13.0. The SMILES string of the molecule is CCN1CCN(C(=O)C(=O)Nc2ccc(C)c(C)c2)CC1. The molecular formula is C16H23N3O2. The number of nitrogens with one attached hydrogen (secondary N) is 1. The van der Waals surface area contributed by atoms with Crippen LogP contribution in [-0.2, 0) is 9.59 Å². The summed E-state index contributed by atoms with van der Waals surface area (Å²) < 4.78 is 0. The maximum absolute atomic E-state index is 12.1. The van der Waals surface area contributed by atoms with Crippen LogP contribution in [0.25, 0.3) is 0 Å². The Morgan fingerprint density at radius 2 is 1.76 bits per heavy atom. The van der Waals surface area contributed by atoms with Crippen molar-refractivity contribution in [2.24, 2.45) is 0 Å². The molecule has 0 aromatic heterocycles. The predicted octanol–water partition coefficient (Wildman–Crippen LogP) is 1.41. The van der Waals surface area contributed by atoms with E-state index in [0.717, 1.165) is 30.8 Å². The fourth-order valence-corrected chi connectivity index (χ4v) is 2.41. The normalized spacial score (nSPS) is 15.9. The fourth-order valence-electron chi connectivity index (χ4n) is 2.41. The van der Waals surface area contributed by atoms with Gasteiger partial charge in [-0.25, -0.2) is 0 Å². The van der Waals surface area contributed by atoms with Crippen LogP contribution in [0.5, 0.6) is 0 Å². The number of aryl methyl sites for hydroxylation is 2. The summed E-state index contributed by atoms with van der Waals surface area (Å²) in [6, 6.07) is 5.65. The molecule has 0 bridgehead atoms. The monoisotopic (exact) mass is 289 g/mol. The lowest BCUT2D eigenvalue weighted by molar-refractivity contribution is -0.144. The Hall–Kier alpha value is -1.88. The molecule has 0 aliphatic carbocycles. The van der Waals surface area contributed by atoms with Gasteiger partial charge in [-0.05, 0) is 43.7 Å². The van der Waals surface area contributed by atoms with Gasteiger partial charge in [-0.1, -0.05) is 13.0 Å². The molecule has 5 heteroatoms. The molecule has 0 atom stereocenters. The van der Waals surface area contributed by atoms with Crippen molar-refractivity contribution in [1.82, 2.24) is 9.80 Å². The van der Waals surface area contributed by atoms with Crippen molar-refractivity contribution in [3.8, 4) is 0 Å². The molecule has 0 radical (unpaired) electrons. The molecule has 0 spiro atoms. The first-order valence-corrected chi connectivity index (χ1v) is 7.41. The van der Waals surface area contributed by atoms with Gasteiger partial charge in [0.25, 0.3) is 0 Å². The Bertz CT molecular complexity index is 534. The Kier molecular flexibility index (Phi) is 4.96. The molecule has 114 valence electrons. The van der Waals surface area contributed by atoms with E-state index in [-0.39, 0.29) is 0 Å². The van der Waals surface area contributed by atoms with Gasteiger partial charge in [0.05, 0.1) is 0 Å². The molecule has 0 unspecified atom stereocenters. The third-order valence-corrected chi connectivity index (χ3v) is 4.07. The number of hydrogen-bond donors (Lipinski definition) is 1. The first-order valence-electron chi connectivity index (χ1n) is 7.41. The highest BCUT2D eigenvalue weighted by Gasteiger charge is 2.25. The topological polar surface area (TPSA) is 52.7 Å². The smallest absolute Gasteiger partial charge is 0.313 e. The number of anilines is 1. The lowest BCUT2D eigenvalue weighted by Crippen LogP contribution is -2.51. The zero-order chi connectivity index (χ0) is 15.4. The summed E-state index contributed by atoms with van der Waals surface area (Å²) in [5.74, 6) is -0.993. The van der Waals surface area contributed by atoms with Crippen LogP contribution in [0.1, 0.15) is 18.1 Å². The first kappa shape index (κ1) is 15.5. The molecule has 1 N–H and O–H groups in total. The minimum Gasteiger partial charge on any atom is -0.332 e. The van der Waals surface area contributed by atoms with Crippen molar-refractivity contribution in [3.63, 3.8) is 0 Å². The number of carbonyl (C=O) groups is 2. The van der Waals surface area contributed by atoms with E-state index in [1.807, 2.05) is 32.0 Å². The lowest BCUT2D eigenvalue weighted by atomic mass is 10.1. The van der Waals surface area contributed by atoms with Gasteiger partial charge < -0.3 is 15.1 Å². The van der Waals surface area contributed by atoms with Gasteiger partial charge in [-0.2, -0.15) is 0 Å². The van der Waals surface area contributed by atoms with Crippen molar-refractivity contribution in [1.29, 1.82) is 0 Å². The summed E-state index contributed by atoms with van der Waals surface area (Å²) in [5.41, 5.74) is 2.93. The number of likely N-dealkylation sites (N-methyl/N-ethyl adjacent to an activating group) is 1. The van der Waals surface area contributed by atoms with E-state index in [1.54, 1.807) is 4.90 Å². The number of hydrogen-bond acceptors (Lipinski definition) is 3. The van der Waals surface area contributed by atoms with Gasteiger partial charge in [-0.3, -0.25) is 9.59 Å². The van der Waals surface area contributed by atoms with E-state index < -0.39 is 11.8 Å². The second kappa shape index (κ2) is 6.72. The third-order valence-electron chi connectivity index (χ3n) is 4.07. The van der Waals surface area contributed by atoms with Crippen molar-refractivity contribution in [3.05, 3.63) is 29.3 Å². The van der Waals surface area contributed by atoms with E-state index in [1.165, 1.54) is 0 Å². The second-order valence-electron chi connectivity index (χ2n) is 5.48. The second-order valence-corrected chi connectivity index (χ2v) is 5.48. The molecular weight excluding hydrogens is 266 g/mol. The highest BCUT2D eigenvalue weighted by molar-refractivity contribution is 6.39. The molecule has 1 aromatic carbocycles. The molecule has 5 nitrogen and oxygen atoms in total. The number of piperazine rings is 1. The Morgan fingerprint density at radius 1 is 1.10 bits per heavy atom. The van der Waals surface area contributed by atoms with Crippen LogP contribution in [0.15, 0.2) is 18.2 Å². The van der Waals surface area contributed by atoms with E-state index >= 15 is 0 Å². The van der Waals surface area contributed by atoms with E-state index in [4.69, 9.17) is 0 Å². The van der Waals surface area contributed by atoms with Crippen molar-refractivity contribution >= 4 is 17.5 Å². The van der Waals surface area contributed by atoms with Crippen LogP contribution < -0.4 is 5.32 Å². The van der Waals surface area contributed by atoms with Crippen LogP contribution in [0.4, 0.5) is 5.69 Å². The molecule has 1 fully saturated rings. The van der Waals surface area contributed by atoms with Gasteiger partial charge in [0.15, 0.2) is 0 Å². The molecule has 1 aliphatic heterocycles. The van der Waals surface area contributed by atoms with Crippen LogP contribution in [0.3, 0.4) is 0 Å². The number of nitrogens with zero attached hydrogens (tertiary/aromatic N) is 2. The summed E-state index contributed by atoms with van der Waals surface area (Å²) in [5, 5.41) is 2.69. The maximum Gasteiger partial charge on any atom is 0.313 e. The van der Waals surface area contributed by atoms with Crippen LogP contribution in [0.2, 0.25) is 0 Å². The molecule has 1 aliphatic rings. The van der Waals surface area contributed by atoms with Gasteiger partial charge in [-0.15, -0.1) is 0 Å². The van der Waals surface area contributed by atoms with Gasteiger partial charge in [0, 0.05) is 31.9 Å². The molecule has 21 heavy (non-hydrogen) atoms. The zero-order valence-corrected chi connectivity index (χ0v) is 13.0. The van der Waals surface area contributed by atoms with E-state index in [2.05, 4.69) is 17.1 Å². The summed E-state index contributed by atoms with van der Waals surface area (Å²) >= 11 is 0. The summed E-state index contributed by atoms with van der Waals surface area (Å²) in [7, 11) is 0. The molecule has 2 rings (SSSR count). The predicted molar refractivity (Wildman–Crippen MR) is 83.2 cm³/mol. The quantitative estimate of drug-likeness (QED) is 0.838. The number of amides is 2. The summed E-state index contributed by atoms with van der Waals surface area (Å²) in [4.78, 5) is 28.1. The Balaban J connectivity index is 1.93. The van der Waals surface area contributed by atoms with Gasteiger partial charge in [0.2, 0.25) is 0 Å². The Morgan fingerprint density at radius 3 is 2.33 bits per heavy atom. The molecule has 0 saturated carbocycles. The largest absolute Gasteiger partial charge is 0.332 e. The molecule has 1 heterocycles. The van der Waals surface area contributed by atoms with Crippen LogP contribution >= 0.6 is 0 Å². The molecule has 1 aromatic rings. The third kappa shape index (κ3) is 3.82. The number of rotatable bonds is 2. The highest BCUT2D eigenvalue weighted by Crippen LogP contribution is 2.14. The fraction of sp³-hybridized carbons (Fsp3) is 0.500. The maximum atomic E-state index is 12.1. The lowest BCUT2D eigenvalue weighted by Gasteiger charge is -2.33. The summed E-state index contributed by atoms with van der Waals surface area (Å²) in [6.07, 6.45) is 0. The van der Waals surface area contributed by atoms with E-state index in [0.29, 0.717) is 18.8 Å². The summed E-state index contributed by atoms with van der Waals surface area (Å²) in [6.45, 7) is 9.98. The minimum absolute atomic E-state index is 0.441. The standard InChI is InChI=1S/C16H23N3O2/c1-4-18-7-9-19(10-8-18)16(21)15(20)17-14-6-5-12(2)13(3)11-14/h5-6,11H,4,7-10H2,1-3H3,(H,17,20). The average Bonchev–Trinajstić information content (AvgIpc) is 2.50. The average molecular weight is 289 g/mol. The van der Waals surface area contributed by atoms with Crippen molar-refractivity contribution < 1.29 is 9.59 Å².